The predicted octanol–water partition coefficient (Wildman–Crippen LogP) is 0.973. The Bertz CT molecular complexity index is 874. The molecule has 4 heterocycles. The van der Waals surface area contributed by atoms with Gasteiger partial charge in [0.05, 0.1) is 12.5 Å². The zero-order valence-electron chi connectivity index (χ0n) is 14.4. The Morgan fingerprint density at radius 1 is 1.22 bits per heavy atom. The fraction of sp³-hybridized carbons (Fsp3) is 0.333. The number of pyridine rings is 1. The summed E-state index contributed by atoms with van der Waals surface area (Å²) in [4.78, 5) is 37.9. The minimum atomic E-state index is -1.26. The third-order valence-corrected chi connectivity index (χ3v) is 4.59. The fourth-order valence-electron chi connectivity index (χ4n) is 3.32. The van der Waals surface area contributed by atoms with Crippen molar-refractivity contribution in [2.75, 3.05) is 19.6 Å². The van der Waals surface area contributed by atoms with Gasteiger partial charge in [-0.3, -0.25) is 4.79 Å². The number of fused-ring (bicyclic) bond motifs is 3. The SMILES string of the molecule is O=C(NC1CN2CCC1C2)c1cc2ccoc2cn1.O=C(O)/C=C/C(=O)O. The smallest absolute Gasteiger partial charge is 0.328 e. The number of hydrogen-bond acceptors (Lipinski definition) is 6. The van der Waals surface area contributed by atoms with Crippen LogP contribution in [0.4, 0.5) is 0 Å². The average Bonchev–Trinajstić information content (AvgIpc) is 3.36. The maximum absolute atomic E-state index is 12.2. The van der Waals surface area contributed by atoms with E-state index < -0.39 is 11.9 Å². The molecule has 9 heteroatoms. The molecule has 4 rings (SSSR count). The second-order valence-electron chi connectivity index (χ2n) is 6.43. The van der Waals surface area contributed by atoms with Crippen LogP contribution in [0.1, 0.15) is 16.9 Å². The lowest BCUT2D eigenvalue weighted by Crippen LogP contribution is -2.43. The van der Waals surface area contributed by atoms with Crippen LogP contribution in [0.3, 0.4) is 0 Å². The molecule has 1 amide bonds. The topological polar surface area (TPSA) is 133 Å². The molecule has 3 atom stereocenters. The van der Waals surface area contributed by atoms with Gasteiger partial charge in [-0.2, -0.15) is 0 Å². The van der Waals surface area contributed by atoms with Crippen LogP contribution in [-0.4, -0.2) is 63.6 Å². The van der Waals surface area contributed by atoms with Crippen molar-refractivity contribution >= 4 is 28.8 Å². The van der Waals surface area contributed by atoms with Crippen molar-refractivity contribution < 1.29 is 29.0 Å². The average molecular weight is 373 g/mol. The molecule has 2 aromatic rings. The third kappa shape index (κ3) is 4.70. The van der Waals surface area contributed by atoms with Crippen molar-refractivity contribution in [3.63, 3.8) is 0 Å². The van der Waals surface area contributed by atoms with Crippen LogP contribution in [-0.2, 0) is 9.59 Å². The highest BCUT2D eigenvalue weighted by molar-refractivity contribution is 5.95. The van der Waals surface area contributed by atoms with E-state index >= 15 is 0 Å². The molecule has 9 nitrogen and oxygen atoms in total. The molecule has 0 aromatic carbocycles. The van der Waals surface area contributed by atoms with Crippen LogP contribution in [0.5, 0.6) is 0 Å². The first kappa shape index (κ1) is 18.6. The van der Waals surface area contributed by atoms with Crippen molar-refractivity contribution in [1.29, 1.82) is 0 Å². The van der Waals surface area contributed by atoms with Gasteiger partial charge in [0.1, 0.15) is 5.69 Å². The molecule has 142 valence electrons. The van der Waals surface area contributed by atoms with E-state index in [1.807, 2.05) is 6.07 Å². The maximum atomic E-state index is 12.2. The molecule has 3 unspecified atom stereocenters. The standard InChI is InChI=1S/C14H15N3O2.C4H4O4/c18-14(16-12-8-17-3-1-10(12)7-17)11-5-9-2-4-19-13(9)6-15-11;5-3(6)1-2-4(7)8/h2,4-6,10,12H,1,3,7-8H2,(H,16,18);1-2H,(H,5,6)(H,7,8)/b;2-1+. The number of hydrogen-bond donors (Lipinski definition) is 3. The van der Waals surface area contributed by atoms with Crippen molar-refractivity contribution in [3.05, 3.63) is 42.4 Å². The largest absolute Gasteiger partial charge is 0.478 e. The molecule has 27 heavy (non-hydrogen) atoms. The Kier molecular flexibility index (Phi) is 5.51. The molecule has 0 saturated carbocycles. The Balaban J connectivity index is 0.000000226. The van der Waals surface area contributed by atoms with Gasteiger partial charge in [-0.15, -0.1) is 0 Å². The highest BCUT2D eigenvalue weighted by Crippen LogP contribution is 2.27. The minimum absolute atomic E-state index is 0.0816. The Hall–Kier alpha value is -3.20. The van der Waals surface area contributed by atoms with Gasteiger partial charge in [-0.1, -0.05) is 0 Å². The van der Waals surface area contributed by atoms with Gasteiger partial charge < -0.3 is 24.8 Å². The first-order chi connectivity index (χ1) is 12.9. The van der Waals surface area contributed by atoms with Gasteiger partial charge in [0.25, 0.3) is 5.91 Å². The molecule has 0 aliphatic carbocycles. The first-order valence-corrected chi connectivity index (χ1v) is 8.43. The monoisotopic (exact) mass is 373 g/mol. The second kappa shape index (κ2) is 8.00. The summed E-state index contributed by atoms with van der Waals surface area (Å²) in [7, 11) is 0. The van der Waals surface area contributed by atoms with Gasteiger partial charge in [0, 0.05) is 36.7 Å². The number of rotatable bonds is 4. The number of aliphatic carboxylic acids is 2. The molecule has 3 N–H and O–H groups in total. The number of nitrogens with zero attached hydrogens (tertiary/aromatic N) is 2. The zero-order chi connectivity index (χ0) is 19.4. The van der Waals surface area contributed by atoms with Gasteiger partial charge in [0.15, 0.2) is 5.58 Å². The number of carboxylic acids is 2. The number of carboxylic acid groups (broad SMARTS) is 2. The first-order valence-electron chi connectivity index (χ1n) is 8.43. The quantitative estimate of drug-likeness (QED) is 0.675. The van der Waals surface area contributed by atoms with Gasteiger partial charge in [-0.25, -0.2) is 14.6 Å². The van der Waals surface area contributed by atoms with E-state index in [9.17, 15) is 14.4 Å². The Morgan fingerprint density at radius 3 is 2.56 bits per heavy atom. The summed E-state index contributed by atoms with van der Waals surface area (Å²) in [5.41, 5.74) is 1.18. The highest BCUT2D eigenvalue weighted by Gasteiger charge is 2.38. The maximum Gasteiger partial charge on any atom is 0.328 e. The normalized spacial score (nSPS) is 23.2. The van der Waals surface area contributed by atoms with Gasteiger partial charge in [-0.05, 0) is 31.0 Å². The van der Waals surface area contributed by atoms with Crippen molar-refractivity contribution in [2.45, 2.75) is 12.5 Å². The van der Waals surface area contributed by atoms with Gasteiger partial charge >= 0.3 is 11.9 Å². The summed E-state index contributed by atoms with van der Waals surface area (Å²) in [5, 5.41) is 19.6. The molecule has 2 saturated heterocycles. The van der Waals surface area contributed by atoms with Crippen LogP contribution in [0, 0.1) is 5.92 Å². The molecular weight excluding hydrogens is 354 g/mol. The number of piperidine rings is 1. The lowest BCUT2D eigenvalue weighted by atomic mass is 10.00. The van der Waals surface area contributed by atoms with E-state index in [4.69, 9.17) is 14.6 Å². The van der Waals surface area contributed by atoms with Crippen molar-refractivity contribution in [1.82, 2.24) is 15.2 Å². The van der Waals surface area contributed by atoms with Crippen LogP contribution >= 0.6 is 0 Å². The predicted molar refractivity (Wildman–Crippen MR) is 94.2 cm³/mol. The molecule has 2 aromatic heterocycles. The molecule has 2 aliphatic heterocycles. The van der Waals surface area contributed by atoms with Crippen LogP contribution in [0.25, 0.3) is 11.0 Å². The Morgan fingerprint density at radius 2 is 1.96 bits per heavy atom. The number of amides is 1. The number of carbonyl (C=O) groups excluding carboxylic acids is 1. The van der Waals surface area contributed by atoms with E-state index in [1.165, 1.54) is 13.0 Å². The van der Waals surface area contributed by atoms with E-state index in [-0.39, 0.29) is 11.9 Å². The van der Waals surface area contributed by atoms with Gasteiger partial charge in [0.2, 0.25) is 0 Å². The number of aromatic nitrogens is 1. The molecule has 0 spiro atoms. The zero-order valence-corrected chi connectivity index (χ0v) is 14.4. The van der Waals surface area contributed by atoms with Crippen molar-refractivity contribution in [2.24, 2.45) is 5.92 Å². The van der Waals surface area contributed by atoms with Crippen LogP contribution in [0.2, 0.25) is 0 Å². The van der Waals surface area contributed by atoms with Crippen LogP contribution < -0.4 is 5.32 Å². The number of carbonyl (C=O) groups is 3. The lowest BCUT2D eigenvalue weighted by Gasteiger charge is -2.22. The Labute approximate surface area is 154 Å². The van der Waals surface area contributed by atoms with Crippen molar-refractivity contribution in [3.8, 4) is 0 Å². The number of nitrogens with one attached hydrogen (secondary N) is 1. The molecule has 2 fully saturated rings. The van der Waals surface area contributed by atoms with E-state index in [0.717, 1.165) is 18.5 Å². The summed E-state index contributed by atoms with van der Waals surface area (Å²) in [6, 6.07) is 3.90. The molecule has 2 bridgehead atoms. The lowest BCUT2D eigenvalue weighted by molar-refractivity contribution is -0.134. The third-order valence-electron chi connectivity index (χ3n) is 4.59. The van der Waals surface area contributed by atoms with E-state index in [1.54, 1.807) is 18.5 Å². The molecule has 2 aliphatic rings. The van der Waals surface area contributed by atoms with Crippen LogP contribution in [0.15, 0.2) is 41.2 Å². The molecule has 0 radical (unpaired) electrons. The summed E-state index contributed by atoms with van der Waals surface area (Å²) in [5.74, 6) is -1.98. The summed E-state index contributed by atoms with van der Waals surface area (Å²) in [6.07, 6.45) is 5.52. The summed E-state index contributed by atoms with van der Waals surface area (Å²) in [6.45, 7) is 3.28. The second-order valence-corrected chi connectivity index (χ2v) is 6.43. The highest BCUT2D eigenvalue weighted by atomic mass is 16.4. The molecular formula is C18H19N3O6. The number of furan rings is 1. The minimum Gasteiger partial charge on any atom is -0.478 e. The van der Waals surface area contributed by atoms with E-state index in [2.05, 4.69) is 15.2 Å². The fourth-order valence-corrected chi connectivity index (χ4v) is 3.32. The summed E-state index contributed by atoms with van der Waals surface area (Å²) < 4.78 is 5.23. The summed E-state index contributed by atoms with van der Waals surface area (Å²) >= 11 is 0. The van der Waals surface area contributed by atoms with E-state index in [0.29, 0.717) is 29.3 Å².